The highest BCUT2D eigenvalue weighted by molar-refractivity contribution is 5.98. The standard InChI is InChI=1S/C46H68N10O14/c1-4-25(2)38(44(67)51-31(8-5-6-18-47)39(62)49-22-37(61)50-35(24-58)46(69)70)55-42(65)34(23-57)54-41(64)32(20-27-10-14-29(59)15-11-27)52-40(63)33(21-28-12-16-30(60)17-13-28)53-43(66)36-9-7-19-56(36)45(68)26(3)48/h10-17,25-26,31-36,38,57-60H,4-9,18-24,47-48H2,1-3H3,(H,49,62)(H,50,61)(H,51,67)(H,52,63)(H,53,66)(H,54,64)(H,55,65)(H,69,70)/t25-,26-,31-,32-,33-,34-,35-,36-,38-/m0/s1. The fourth-order valence-corrected chi connectivity index (χ4v) is 7.43. The Kier molecular flexibility index (Phi) is 23.4. The molecule has 70 heavy (non-hydrogen) atoms. The third-order valence-electron chi connectivity index (χ3n) is 11.7. The van der Waals surface area contributed by atoms with Crippen LogP contribution in [-0.4, -0.2) is 165 Å². The number of nitrogens with one attached hydrogen (secondary N) is 7. The second kappa shape index (κ2) is 28.6. The highest BCUT2D eigenvalue weighted by Crippen LogP contribution is 2.20. The zero-order valence-corrected chi connectivity index (χ0v) is 39.5. The van der Waals surface area contributed by atoms with Crippen LogP contribution in [0.15, 0.2) is 48.5 Å². The van der Waals surface area contributed by atoms with E-state index in [-0.39, 0.29) is 43.9 Å². The van der Waals surface area contributed by atoms with Gasteiger partial charge in [0, 0.05) is 19.4 Å². The quantitative estimate of drug-likeness (QED) is 0.0368. The van der Waals surface area contributed by atoms with E-state index in [0.29, 0.717) is 43.2 Å². The van der Waals surface area contributed by atoms with Gasteiger partial charge < -0.3 is 79.1 Å². The predicted octanol–water partition coefficient (Wildman–Crippen LogP) is -3.51. The summed E-state index contributed by atoms with van der Waals surface area (Å²) in [6, 6.07) is 0.830. The fraction of sp³-hybridized carbons (Fsp3) is 0.543. The van der Waals surface area contributed by atoms with Gasteiger partial charge in [-0.25, -0.2) is 4.79 Å². The van der Waals surface area contributed by atoms with Crippen LogP contribution in [0.1, 0.15) is 70.4 Å². The van der Waals surface area contributed by atoms with Gasteiger partial charge in [-0.15, -0.1) is 0 Å². The van der Waals surface area contributed by atoms with Crippen LogP contribution in [0.25, 0.3) is 0 Å². The van der Waals surface area contributed by atoms with Gasteiger partial charge in [-0.3, -0.25) is 38.4 Å². The molecule has 0 spiro atoms. The number of nitrogens with two attached hydrogens (primary N) is 2. The first-order chi connectivity index (χ1) is 33.2. The molecule has 1 heterocycles. The lowest BCUT2D eigenvalue weighted by molar-refractivity contribution is -0.143. The summed E-state index contributed by atoms with van der Waals surface area (Å²) in [5, 5.41) is 65.9. The summed E-state index contributed by atoms with van der Waals surface area (Å²) in [5.74, 6) is -8.81. The molecule has 0 radical (unpaired) electrons. The summed E-state index contributed by atoms with van der Waals surface area (Å²) >= 11 is 0. The molecule has 0 bridgehead atoms. The number of carbonyl (C=O) groups excluding carboxylic acids is 8. The van der Waals surface area contributed by atoms with E-state index in [4.69, 9.17) is 16.6 Å². The van der Waals surface area contributed by atoms with Crippen molar-refractivity contribution < 1.29 is 68.7 Å². The van der Waals surface area contributed by atoms with E-state index in [9.17, 15) is 63.6 Å². The molecular weight excluding hydrogens is 917 g/mol. The molecule has 0 unspecified atom stereocenters. The molecule has 386 valence electrons. The lowest BCUT2D eigenvalue weighted by Crippen LogP contribution is -2.61. The number of unbranched alkanes of at least 4 members (excludes halogenated alkanes) is 1. The Morgan fingerprint density at radius 2 is 1.19 bits per heavy atom. The van der Waals surface area contributed by atoms with Crippen LogP contribution >= 0.6 is 0 Å². The first-order valence-corrected chi connectivity index (χ1v) is 23.1. The van der Waals surface area contributed by atoms with Crippen molar-refractivity contribution in [2.75, 3.05) is 32.8 Å². The van der Waals surface area contributed by atoms with E-state index in [1.807, 2.05) is 5.32 Å². The molecule has 16 N–H and O–H groups in total. The minimum atomic E-state index is -1.72. The van der Waals surface area contributed by atoms with Crippen molar-refractivity contribution in [3.05, 3.63) is 59.7 Å². The number of amides is 8. The second-order valence-electron chi connectivity index (χ2n) is 17.2. The Hall–Kier alpha value is -6.89. The Morgan fingerprint density at radius 1 is 0.671 bits per heavy atom. The highest BCUT2D eigenvalue weighted by Gasteiger charge is 2.38. The molecular formula is C46H68N10O14. The number of likely N-dealkylation sites (tertiary alicyclic amines) is 1. The van der Waals surface area contributed by atoms with Gasteiger partial charge in [0.1, 0.15) is 53.8 Å². The Balaban J connectivity index is 1.86. The molecule has 9 atom stereocenters. The number of nitrogens with zero attached hydrogens (tertiary/aromatic N) is 1. The summed E-state index contributed by atoms with van der Waals surface area (Å²) in [5.41, 5.74) is 12.4. The second-order valence-corrected chi connectivity index (χ2v) is 17.2. The number of carboxylic acids is 1. The number of hydrogen-bond donors (Lipinski definition) is 14. The molecule has 24 nitrogen and oxygen atoms in total. The number of carbonyl (C=O) groups is 9. The van der Waals surface area contributed by atoms with Crippen molar-refractivity contribution in [3.8, 4) is 11.5 Å². The number of phenolic OH excluding ortho intramolecular Hbond substituents is 2. The van der Waals surface area contributed by atoms with Crippen molar-refractivity contribution in [1.82, 2.24) is 42.1 Å². The maximum atomic E-state index is 14.3. The summed E-state index contributed by atoms with van der Waals surface area (Å²) in [6.07, 6.45) is 1.60. The third-order valence-corrected chi connectivity index (χ3v) is 11.7. The van der Waals surface area contributed by atoms with E-state index in [0.717, 1.165) is 0 Å². The average Bonchev–Trinajstić information content (AvgIpc) is 3.83. The van der Waals surface area contributed by atoms with Crippen molar-refractivity contribution in [2.45, 2.75) is 120 Å². The molecule has 1 aliphatic rings. The monoisotopic (exact) mass is 984 g/mol. The Bertz CT molecular complexity index is 2110. The van der Waals surface area contributed by atoms with Gasteiger partial charge in [-0.1, -0.05) is 44.5 Å². The van der Waals surface area contributed by atoms with Crippen LogP contribution in [0.3, 0.4) is 0 Å². The van der Waals surface area contributed by atoms with Crippen molar-refractivity contribution in [2.24, 2.45) is 17.4 Å². The van der Waals surface area contributed by atoms with E-state index in [2.05, 4.69) is 31.9 Å². The lowest BCUT2D eigenvalue weighted by atomic mass is 9.97. The molecule has 0 saturated carbocycles. The predicted molar refractivity (Wildman–Crippen MR) is 251 cm³/mol. The number of aliphatic hydroxyl groups excluding tert-OH is 2. The number of aliphatic hydroxyl groups is 2. The zero-order valence-electron chi connectivity index (χ0n) is 39.5. The molecule has 1 fully saturated rings. The van der Waals surface area contributed by atoms with Gasteiger partial charge in [-0.2, -0.15) is 0 Å². The first kappa shape index (κ1) is 57.4. The molecule has 2 aromatic rings. The van der Waals surface area contributed by atoms with Gasteiger partial charge in [0.2, 0.25) is 47.3 Å². The smallest absolute Gasteiger partial charge is 0.328 e. The van der Waals surface area contributed by atoms with Crippen LogP contribution in [0.4, 0.5) is 0 Å². The number of phenols is 2. The van der Waals surface area contributed by atoms with Crippen molar-refractivity contribution >= 4 is 53.2 Å². The van der Waals surface area contributed by atoms with Crippen molar-refractivity contribution in [1.29, 1.82) is 0 Å². The average molecular weight is 985 g/mol. The Labute approximate surface area is 405 Å². The molecule has 0 aliphatic carbocycles. The molecule has 3 rings (SSSR count). The van der Waals surface area contributed by atoms with Crippen LogP contribution in [0, 0.1) is 5.92 Å². The van der Waals surface area contributed by atoms with E-state index in [1.54, 1.807) is 13.8 Å². The van der Waals surface area contributed by atoms with Gasteiger partial charge in [0.05, 0.1) is 25.8 Å². The molecule has 2 aromatic carbocycles. The number of carboxylic acid groups (broad SMARTS) is 1. The Morgan fingerprint density at radius 3 is 1.69 bits per heavy atom. The van der Waals surface area contributed by atoms with Crippen LogP contribution in [-0.2, 0) is 56.0 Å². The molecule has 1 saturated heterocycles. The zero-order chi connectivity index (χ0) is 52.1. The molecule has 24 heteroatoms. The SMILES string of the molecule is CC[C@H](C)[C@H](NC(=O)[C@H](CO)NC(=O)[C@H](Cc1ccc(O)cc1)NC(=O)[C@H](Cc1ccc(O)cc1)NC(=O)[C@@H]1CCCN1C(=O)[C@H](C)N)C(=O)N[C@@H](CCCCN)C(=O)NCC(=O)N[C@@H](CO)C(=O)O. The highest BCUT2D eigenvalue weighted by atomic mass is 16.4. The summed E-state index contributed by atoms with van der Waals surface area (Å²) in [7, 11) is 0. The topological polar surface area (TPSA) is 394 Å². The van der Waals surface area contributed by atoms with E-state index in [1.165, 1.54) is 60.4 Å². The number of hydrogen-bond acceptors (Lipinski definition) is 15. The van der Waals surface area contributed by atoms with Gasteiger partial charge in [0.15, 0.2) is 0 Å². The molecule has 0 aromatic heterocycles. The first-order valence-electron chi connectivity index (χ1n) is 23.1. The maximum Gasteiger partial charge on any atom is 0.328 e. The van der Waals surface area contributed by atoms with Gasteiger partial charge in [0.25, 0.3) is 0 Å². The normalized spacial score (nSPS) is 16.7. The van der Waals surface area contributed by atoms with Crippen LogP contribution < -0.4 is 48.7 Å². The van der Waals surface area contributed by atoms with Crippen LogP contribution in [0.5, 0.6) is 11.5 Å². The van der Waals surface area contributed by atoms with Crippen LogP contribution in [0.2, 0.25) is 0 Å². The number of rotatable bonds is 28. The van der Waals surface area contributed by atoms with E-state index < -0.39 is 127 Å². The molecule has 1 aliphatic heterocycles. The number of aromatic hydroxyl groups is 2. The maximum absolute atomic E-state index is 14.3. The third kappa shape index (κ3) is 17.9. The fourth-order valence-electron chi connectivity index (χ4n) is 7.43. The summed E-state index contributed by atoms with van der Waals surface area (Å²) in [4.78, 5) is 121. The number of aliphatic carboxylic acids is 1. The summed E-state index contributed by atoms with van der Waals surface area (Å²) < 4.78 is 0. The van der Waals surface area contributed by atoms with Gasteiger partial charge in [-0.05, 0) is 86.9 Å². The number of benzene rings is 2. The van der Waals surface area contributed by atoms with Gasteiger partial charge >= 0.3 is 5.97 Å². The summed E-state index contributed by atoms with van der Waals surface area (Å²) in [6.45, 7) is 2.77. The minimum Gasteiger partial charge on any atom is -0.508 e. The van der Waals surface area contributed by atoms with Crippen molar-refractivity contribution in [3.63, 3.8) is 0 Å². The largest absolute Gasteiger partial charge is 0.508 e. The molecule has 8 amide bonds. The minimum absolute atomic E-state index is 0.0428. The van der Waals surface area contributed by atoms with E-state index >= 15 is 0 Å². The lowest BCUT2D eigenvalue weighted by Gasteiger charge is -2.29.